The Balaban J connectivity index is 1.43. The fourth-order valence-electron chi connectivity index (χ4n) is 3.69. The van der Waals surface area contributed by atoms with Gasteiger partial charge in [-0.1, -0.05) is 12.1 Å². The van der Waals surface area contributed by atoms with E-state index < -0.39 is 0 Å². The normalized spacial score (nSPS) is 14.4. The number of tetrazole rings is 1. The molecule has 1 aliphatic carbocycles. The van der Waals surface area contributed by atoms with Crippen LogP contribution in [0.1, 0.15) is 47.6 Å². The van der Waals surface area contributed by atoms with Gasteiger partial charge in [-0.15, -0.1) is 10.2 Å². The van der Waals surface area contributed by atoms with Gasteiger partial charge in [0.2, 0.25) is 5.82 Å². The fraction of sp³-hybridized carbons (Fsp3) is 0.409. The van der Waals surface area contributed by atoms with Crippen molar-refractivity contribution in [3.63, 3.8) is 0 Å². The topological polar surface area (TPSA) is 125 Å². The minimum absolute atomic E-state index is 0.234. The lowest BCUT2D eigenvalue weighted by molar-refractivity contribution is -0.121. The number of Topliss-reactive ketones (excluding diaryl/α,β-unsaturated/α-hetero) is 1. The number of nitrogens with zero attached hydrogens (tertiary/aromatic N) is 6. The van der Waals surface area contributed by atoms with Crippen molar-refractivity contribution in [2.24, 2.45) is 5.92 Å². The van der Waals surface area contributed by atoms with Crippen molar-refractivity contribution < 1.29 is 14.3 Å². The van der Waals surface area contributed by atoms with Crippen LogP contribution in [-0.2, 0) is 17.9 Å². The van der Waals surface area contributed by atoms with Gasteiger partial charge in [-0.2, -0.15) is 4.80 Å². The third-order valence-electron chi connectivity index (χ3n) is 5.42. The first kappa shape index (κ1) is 21.5. The molecule has 0 aliphatic heterocycles. The lowest BCUT2D eigenvalue weighted by Gasteiger charge is -2.19. The second-order valence-electron chi connectivity index (χ2n) is 7.87. The van der Waals surface area contributed by atoms with Crippen LogP contribution in [0.25, 0.3) is 11.5 Å². The number of methoxy groups -OCH3 is 1. The number of hydrogen-bond donors (Lipinski definition) is 1. The molecule has 1 aromatic carbocycles. The van der Waals surface area contributed by atoms with Crippen molar-refractivity contribution >= 4 is 11.7 Å². The highest BCUT2D eigenvalue weighted by atomic mass is 16.5. The van der Waals surface area contributed by atoms with Crippen molar-refractivity contribution in [1.29, 1.82) is 0 Å². The van der Waals surface area contributed by atoms with Crippen LogP contribution in [0.2, 0.25) is 0 Å². The molecule has 10 heteroatoms. The Bertz CT molecular complexity index is 1120. The van der Waals surface area contributed by atoms with Crippen LogP contribution in [-0.4, -0.2) is 49.0 Å². The number of amides is 1. The molecule has 32 heavy (non-hydrogen) atoms. The quantitative estimate of drug-likeness (QED) is 0.598. The zero-order valence-corrected chi connectivity index (χ0v) is 18.1. The van der Waals surface area contributed by atoms with Crippen LogP contribution in [0.15, 0.2) is 30.3 Å². The van der Waals surface area contributed by atoms with Crippen LogP contribution >= 0.6 is 0 Å². The highest BCUT2D eigenvalue weighted by Gasteiger charge is 2.21. The van der Waals surface area contributed by atoms with Crippen LogP contribution in [0.4, 0.5) is 0 Å². The van der Waals surface area contributed by atoms with Gasteiger partial charge in [0.25, 0.3) is 5.91 Å². The summed E-state index contributed by atoms with van der Waals surface area (Å²) in [7, 11) is 1.60. The maximum atomic E-state index is 12.7. The van der Waals surface area contributed by atoms with E-state index in [4.69, 9.17) is 4.74 Å². The van der Waals surface area contributed by atoms with E-state index in [1.807, 2.05) is 24.3 Å². The van der Waals surface area contributed by atoms with Gasteiger partial charge in [0.1, 0.15) is 28.7 Å². The van der Waals surface area contributed by atoms with Crippen LogP contribution in [0.3, 0.4) is 0 Å². The second kappa shape index (κ2) is 9.63. The predicted molar refractivity (Wildman–Crippen MR) is 115 cm³/mol. The largest absolute Gasteiger partial charge is 0.497 e. The Morgan fingerprint density at radius 1 is 1.22 bits per heavy atom. The smallest absolute Gasteiger partial charge is 0.270 e. The summed E-state index contributed by atoms with van der Waals surface area (Å²) in [6, 6.07) is 9.05. The Kier molecular flexibility index (Phi) is 6.48. The number of hydrogen-bond acceptors (Lipinski definition) is 8. The third-order valence-corrected chi connectivity index (χ3v) is 5.42. The molecular formula is C22H25N7O3. The monoisotopic (exact) mass is 435 g/mol. The van der Waals surface area contributed by atoms with Gasteiger partial charge in [0.15, 0.2) is 0 Å². The van der Waals surface area contributed by atoms with Crippen molar-refractivity contribution in [3.8, 4) is 17.3 Å². The molecule has 1 fully saturated rings. The van der Waals surface area contributed by atoms with Crippen LogP contribution in [0, 0.1) is 12.8 Å². The molecular weight excluding hydrogens is 410 g/mol. The van der Waals surface area contributed by atoms with Gasteiger partial charge < -0.3 is 10.1 Å². The average molecular weight is 435 g/mol. The number of carbonyl (C=O) groups is 2. The minimum atomic E-state index is -0.321. The number of rotatable bonds is 7. The number of ether oxygens (including phenoxy) is 1. The van der Waals surface area contributed by atoms with Crippen molar-refractivity contribution in [2.45, 2.75) is 45.7 Å². The lowest BCUT2D eigenvalue weighted by atomic mass is 9.88. The summed E-state index contributed by atoms with van der Waals surface area (Å²) < 4.78 is 5.21. The Morgan fingerprint density at radius 2 is 2.03 bits per heavy atom. The predicted octanol–water partition coefficient (Wildman–Crippen LogP) is 2.14. The maximum Gasteiger partial charge on any atom is 0.270 e. The van der Waals surface area contributed by atoms with Gasteiger partial charge in [0, 0.05) is 19.4 Å². The molecule has 0 unspecified atom stereocenters. The molecule has 0 atom stereocenters. The van der Waals surface area contributed by atoms with E-state index in [0.717, 1.165) is 24.2 Å². The van der Waals surface area contributed by atoms with Crippen molar-refractivity contribution in [3.05, 3.63) is 47.4 Å². The Labute approximate surface area is 185 Å². The van der Waals surface area contributed by atoms with Gasteiger partial charge >= 0.3 is 0 Å². The lowest BCUT2D eigenvalue weighted by Crippen LogP contribution is -2.24. The second-order valence-corrected chi connectivity index (χ2v) is 7.87. The van der Waals surface area contributed by atoms with E-state index in [2.05, 4.69) is 30.7 Å². The molecule has 1 amide bonds. The molecule has 10 nitrogen and oxygen atoms in total. The molecule has 3 aromatic rings. The summed E-state index contributed by atoms with van der Waals surface area (Å²) in [5.74, 6) is 1.87. The number of ketones is 1. The summed E-state index contributed by atoms with van der Waals surface area (Å²) in [5.41, 5.74) is 1.59. The summed E-state index contributed by atoms with van der Waals surface area (Å²) >= 11 is 0. The molecule has 0 spiro atoms. The zero-order chi connectivity index (χ0) is 22.5. The molecule has 2 heterocycles. The minimum Gasteiger partial charge on any atom is -0.497 e. The SMILES string of the molecule is COc1cccc(CNC(=O)c2cc(-c3nnn(CC4CCC(=O)CC4)n3)nc(C)n2)c1. The first-order valence-corrected chi connectivity index (χ1v) is 10.6. The molecule has 0 radical (unpaired) electrons. The fourth-order valence-corrected chi connectivity index (χ4v) is 3.69. The number of carbonyl (C=O) groups excluding carboxylic acids is 2. The zero-order valence-electron chi connectivity index (χ0n) is 18.1. The summed E-state index contributed by atoms with van der Waals surface area (Å²) in [6.45, 7) is 2.66. The van der Waals surface area contributed by atoms with Gasteiger partial charge in [0.05, 0.1) is 13.7 Å². The van der Waals surface area contributed by atoms with Gasteiger partial charge in [-0.05, 0) is 54.7 Å². The molecule has 4 rings (SSSR count). The van der Waals surface area contributed by atoms with E-state index in [9.17, 15) is 9.59 Å². The van der Waals surface area contributed by atoms with E-state index in [0.29, 0.717) is 55.0 Å². The molecule has 166 valence electrons. The highest BCUT2D eigenvalue weighted by Crippen LogP contribution is 2.23. The van der Waals surface area contributed by atoms with E-state index in [1.165, 1.54) is 4.80 Å². The van der Waals surface area contributed by atoms with E-state index in [1.54, 1.807) is 20.1 Å². The summed E-state index contributed by atoms with van der Waals surface area (Å²) in [6.07, 6.45) is 2.93. The average Bonchev–Trinajstić information content (AvgIpc) is 3.27. The standard InChI is InChI=1S/C22H25N7O3/c1-14-24-19(21-26-28-29(27-21)13-15-6-8-17(30)9-7-15)11-20(25-14)22(31)23-12-16-4-3-5-18(10-16)32-2/h3-5,10-11,15H,6-9,12-13H2,1-2H3,(H,23,31). The number of benzene rings is 1. The van der Waals surface area contributed by atoms with Crippen LogP contribution < -0.4 is 10.1 Å². The summed E-state index contributed by atoms with van der Waals surface area (Å²) in [4.78, 5) is 34.3. The first-order valence-electron chi connectivity index (χ1n) is 10.6. The first-order chi connectivity index (χ1) is 15.5. The number of aryl methyl sites for hydroxylation is 1. The maximum absolute atomic E-state index is 12.7. The number of nitrogens with one attached hydrogen (secondary N) is 1. The Hall–Kier alpha value is -3.69. The van der Waals surface area contributed by atoms with Gasteiger partial charge in [-0.3, -0.25) is 9.59 Å². The molecule has 1 aliphatic rings. The van der Waals surface area contributed by atoms with Crippen molar-refractivity contribution in [1.82, 2.24) is 35.5 Å². The highest BCUT2D eigenvalue weighted by molar-refractivity contribution is 5.93. The molecule has 1 N–H and O–H groups in total. The van der Waals surface area contributed by atoms with E-state index >= 15 is 0 Å². The van der Waals surface area contributed by atoms with Gasteiger partial charge in [-0.25, -0.2) is 9.97 Å². The number of aromatic nitrogens is 6. The molecule has 0 saturated heterocycles. The van der Waals surface area contributed by atoms with E-state index in [-0.39, 0.29) is 11.6 Å². The van der Waals surface area contributed by atoms with Crippen molar-refractivity contribution in [2.75, 3.05) is 7.11 Å². The van der Waals surface area contributed by atoms with Crippen LogP contribution in [0.5, 0.6) is 5.75 Å². The molecule has 1 saturated carbocycles. The Morgan fingerprint density at radius 3 is 2.81 bits per heavy atom. The molecule has 2 aromatic heterocycles. The summed E-state index contributed by atoms with van der Waals surface area (Å²) in [5, 5.41) is 15.5. The third kappa shape index (κ3) is 5.32. The molecule has 0 bridgehead atoms.